The Hall–Kier alpha value is -2.28. The van der Waals surface area contributed by atoms with Gasteiger partial charge in [-0.1, -0.05) is 25.7 Å². The molecule has 4 rings (SSSR count). The van der Waals surface area contributed by atoms with E-state index in [1.165, 1.54) is 12.8 Å². The second-order valence-electron chi connectivity index (χ2n) is 8.26. The van der Waals surface area contributed by atoms with Crippen LogP contribution < -0.4 is 5.32 Å². The van der Waals surface area contributed by atoms with Crippen molar-refractivity contribution in [2.45, 2.75) is 70.0 Å². The minimum Gasteiger partial charge on any atom is -0.463 e. The Morgan fingerprint density at radius 1 is 1.32 bits per heavy atom. The summed E-state index contributed by atoms with van der Waals surface area (Å²) < 4.78 is 7.36. The van der Waals surface area contributed by atoms with Crippen molar-refractivity contribution in [2.24, 2.45) is 0 Å². The number of carbonyl (C=O) groups excluding carboxylic acids is 2. The van der Waals surface area contributed by atoms with Gasteiger partial charge < -0.3 is 24.3 Å². The standard InChI is InChI=1S/C21H29N3O4/c1-21(20(27)22-15-7-4-2-3-5-8-15)14-23-16-9-12-28-18(16)13-17(23)19(26)24(21)10-6-11-25/h9,12-13,15,25H,2-8,10-11,14H2,1H3,(H,22,27). The molecule has 2 N–H and O–H groups in total. The van der Waals surface area contributed by atoms with E-state index in [-0.39, 0.29) is 24.5 Å². The van der Waals surface area contributed by atoms with Gasteiger partial charge in [-0.3, -0.25) is 9.59 Å². The van der Waals surface area contributed by atoms with Gasteiger partial charge in [-0.15, -0.1) is 0 Å². The minimum atomic E-state index is -1.01. The largest absolute Gasteiger partial charge is 0.463 e. The Kier molecular flexibility index (Phi) is 5.19. The van der Waals surface area contributed by atoms with Crippen molar-refractivity contribution in [2.75, 3.05) is 13.2 Å². The lowest BCUT2D eigenvalue weighted by Gasteiger charge is -2.44. The Morgan fingerprint density at radius 2 is 2.07 bits per heavy atom. The SMILES string of the molecule is CC1(C(=O)NC2CCCCCC2)Cn2c(cc3occc32)C(=O)N1CCCO. The molecule has 2 aliphatic rings. The van der Waals surface area contributed by atoms with Crippen molar-refractivity contribution < 1.29 is 19.1 Å². The van der Waals surface area contributed by atoms with Crippen molar-refractivity contribution >= 4 is 22.9 Å². The average molecular weight is 387 g/mol. The molecular formula is C21H29N3O4. The maximum atomic E-state index is 13.4. The monoisotopic (exact) mass is 387 g/mol. The van der Waals surface area contributed by atoms with Gasteiger partial charge in [0.05, 0.1) is 18.3 Å². The lowest BCUT2D eigenvalue weighted by atomic mass is 9.93. The van der Waals surface area contributed by atoms with Gasteiger partial charge in [-0.2, -0.15) is 0 Å². The van der Waals surface area contributed by atoms with Crippen LogP contribution in [0.15, 0.2) is 22.8 Å². The van der Waals surface area contributed by atoms with E-state index in [9.17, 15) is 14.7 Å². The van der Waals surface area contributed by atoms with Gasteiger partial charge in [0.1, 0.15) is 11.2 Å². The van der Waals surface area contributed by atoms with E-state index in [1.54, 1.807) is 17.2 Å². The number of hydrogen-bond donors (Lipinski definition) is 2. The van der Waals surface area contributed by atoms with Crippen LogP contribution in [0.5, 0.6) is 0 Å². The summed E-state index contributed by atoms with van der Waals surface area (Å²) in [5, 5.41) is 12.5. The van der Waals surface area contributed by atoms with Crippen LogP contribution in [0.3, 0.4) is 0 Å². The van der Waals surface area contributed by atoms with Gasteiger partial charge in [-0.25, -0.2) is 0 Å². The zero-order valence-corrected chi connectivity index (χ0v) is 16.4. The fourth-order valence-corrected chi connectivity index (χ4v) is 4.62. The third-order valence-electron chi connectivity index (χ3n) is 6.27. The summed E-state index contributed by atoms with van der Waals surface area (Å²) in [6, 6.07) is 3.74. The molecule has 0 spiro atoms. The summed E-state index contributed by atoms with van der Waals surface area (Å²) >= 11 is 0. The average Bonchev–Trinajstić information content (AvgIpc) is 3.16. The first kappa shape index (κ1) is 19.1. The Morgan fingerprint density at radius 3 is 2.79 bits per heavy atom. The lowest BCUT2D eigenvalue weighted by Crippen LogP contribution is -2.65. The molecule has 1 aliphatic heterocycles. The third kappa shape index (κ3) is 3.21. The maximum absolute atomic E-state index is 13.4. The number of nitrogens with one attached hydrogen (secondary N) is 1. The highest BCUT2D eigenvalue weighted by molar-refractivity contribution is 6.02. The van der Waals surface area contributed by atoms with E-state index in [4.69, 9.17) is 4.42 Å². The summed E-state index contributed by atoms with van der Waals surface area (Å²) in [5.74, 6) is -0.300. The van der Waals surface area contributed by atoms with E-state index in [0.29, 0.717) is 30.8 Å². The molecular weight excluding hydrogens is 358 g/mol. The van der Waals surface area contributed by atoms with Crippen LogP contribution in [0, 0.1) is 0 Å². The van der Waals surface area contributed by atoms with Gasteiger partial charge in [-0.05, 0) is 26.2 Å². The van der Waals surface area contributed by atoms with Gasteiger partial charge in [0.15, 0.2) is 5.58 Å². The number of rotatable bonds is 5. The molecule has 0 radical (unpaired) electrons. The lowest BCUT2D eigenvalue weighted by molar-refractivity contribution is -0.133. The van der Waals surface area contributed by atoms with E-state index in [2.05, 4.69) is 5.32 Å². The van der Waals surface area contributed by atoms with Crippen LogP contribution in [0.2, 0.25) is 0 Å². The number of aliphatic hydroxyl groups excluding tert-OH is 1. The molecule has 28 heavy (non-hydrogen) atoms. The van der Waals surface area contributed by atoms with Crippen molar-refractivity contribution in [3.05, 3.63) is 24.1 Å². The van der Waals surface area contributed by atoms with Crippen molar-refractivity contribution in [3.8, 4) is 0 Å². The Balaban J connectivity index is 1.66. The number of aromatic nitrogens is 1. The van der Waals surface area contributed by atoms with Gasteiger partial charge in [0.25, 0.3) is 5.91 Å². The molecule has 7 nitrogen and oxygen atoms in total. The number of carbonyl (C=O) groups is 2. The number of amides is 2. The normalized spacial score (nSPS) is 23.6. The van der Waals surface area contributed by atoms with E-state index >= 15 is 0 Å². The molecule has 7 heteroatoms. The van der Waals surface area contributed by atoms with Crippen molar-refractivity contribution in [1.82, 2.24) is 14.8 Å². The van der Waals surface area contributed by atoms with Crippen LogP contribution in [0.25, 0.3) is 11.1 Å². The zero-order valence-electron chi connectivity index (χ0n) is 16.4. The topological polar surface area (TPSA) is 87.7 Å². The molecule has 1 saturated carbocycles. The zero-order chi connectivity index (χ0) is 19.7. The molecule has 3 heterocycles. The second-order valence-corrected chi connectivity index (χ2v) is 8.26. The molecule has 1 unspecified atom stereocenters. The minimum absolute atomic E-state index is 0.0204. The summed E-state index contributed by atoms with van der Waals surface area (Å²) in [5.41, 5.74) is 1.01. The quantitative estimate of drug-likeness (QED) is 0.772. The molecule has 152 valence electrons. The number of nitrogens with zero attached hydrogens (tertiary/aromatic N) is 2. The highest BCUT2D eigenvalue weighted by Gasteiger charge is 2.48. The van der Waals surface area contributed by atoms with Crippen molar-refractivity contribution in [3.63, 3.8) is 0 Å². The number of hydrogen-bond acceptors (Lipinski definition) is 4. The van der Waals surface area contributed by atoms with Crippen molar-refractivity contribution in [1.29, 1.82) is 0 Å². The van der Waals surface area contributed by atoms with Gasteiger partial charge in [0.2, 0.25) is 5.91 Å². The number of fused-ring (bicyclic) bond motifs is 3. The Bertz CT molecular complexity index is 862. The molecule has 1 aliphatic carbocycles. The van der Waals surface area contributed by atoms with Crippen LogP contribution in [-0.2, 0) is 11.3 Å². The molecule has 2 aromatic rings. The molecule has 1 atom stereocenters. The molecule has 0 bridgehead atoms. The van der Waals surface area contributed by atoms with E-state index in [1.807, 2.05) is 17.6 Å². The third-order valence-corrected chi connectivity index (χ3v) is 6.27. The molecule has 2 aromatic heterocycles. The number of aliphatic hydroxyl groups is 1. The fourth-order valence-electron chi connectivity index (χ4n) is 4.62. The summed E-state index contributed by atoms with van der Waals surface area (Å²) in [6.45, 7) is 2.54. The molecule has 0 aromatic carbocycles. The highest BCUT2D eigenvalue weighted by atomic mass is 16.3. The van der Waals surface area contributed by atoms with E-state index in [0.717, 1.165) is 31.2 Å². The van der Waals surface area contributed by atoms with E-state index < -0.39 is 5.54 Å². The molecule has 0 saturated heterocycles. The maximum Gasteiger partial charge on any atom is 0.271 e. The predicted molar refractivity (Wildman–Crippen MR) is 105 cm³/mol. The summed E-state index contributed by atoms with van der Waals surface area (Å²) in [6.07, 6.45) is 8.73. The number of furan rings is 1. The second kappa shape index (κ2) is 7.62. The van der Waals surface area contributed by atoms with Gasteiger partial charge in [0, 0.05) is 31.3 Å². The predicted octanol–water partition coefficient (Wildman–Crippen LogP) is 2.67. The molecule has 2 amide bonds. The first-order valence-electron chi connectivity index (χ1n) is 10.3. The van der Waals surface area contributed by atoms with Crippen LogP contribution in [-0.4, -0.2) is 51.1 Å². The highest BCUT2D eigenvalue weighted by Crippen LogP contribution is 2.33. The smallest absolute Gasteiger partial charge is 0.271 e. The molecule has 1 fully saturated rings. The van der Waals surface area contributed by atoms with Crippen LogP contribution >= 0.6 is 0 Å². The first-order valence-corrected chi connectivity index (χ1v) is 10.3. The Labute approximate surface area is 164 Å². The first-order chi connectivity index (χ1) is 13.5. The summed E-state index contributed by atoms with van der Waals surface area (Å²) in [7, 11) is 0. The fraction of sp³-hybridized carbons (Fsp3) is 0.619. The summed E-state index contributed by atoms with van der Waals surface area (Å²) in [4.78, 5) is 28.3. The van der Waals surface area contributed by atoms with Crippen LogP contribution in [0.4, 0.5) is 0 Å². The van der Waals surface area contributed by atoms with Gasteiger partial charge >= 0.3 is 0 Å². The van der Waals surface area contributed by atoms with Crippen LogP contribution in [0.1, 0.15) is 62.4 Å².